The maximum atomic E-state index is 13.8. The summed E-state index contributed by atoms with van der Waals surface area (Å²) in [6.07, 6.45) is 0. The van der Waals surface area contributed by atoms with Gasteiger partial charge < -0.3 is 4.42 Å². The van der Waals surface area contributed by atoms with Crippen LogP contribution < -0.4 is 10.3 Å². The molecule has 1 atom stereocenters. The quantitative estimate of drug-likeness (QED) is 0.439. The summed E-state index contributed by atoms with van der Waals surface area (Å²) in [6, 6.07) is 7.50. The van der Waals surface area contributed by atoms with Gasteiger partial charge in [-0.3, -0.25) is 14.5 Å². The second-order valence-corrected chi connectivity index (χ2v) is 7.91. The number of halogens is 3. The molecule has 3 heterocycles. The Bertz CT molecular complexity index is 1360. The highest BCUT2D eigenvalue weighted by atomic mass is 35.5. The van der Waals surface area contributed by atoms with E-state index in [-0.39, 0.29) is 32.4 Å². The fourth-order valence-corrected chi connectivity index (χ4v) is 4.30. The normalized spacial score (nSPS) is 15.9. The first kappa shape index (κ1) is 18.2. The summed E-state index contributed by atoms with van der Waals surface area (Å²) in [5, 5.41) is 8.67. The third-order valence-electron chi connectivity index (χ3n) is 4.65. The molecule has 10 heteroatoms. The average molecular weight is 448 g/mol. The van der Waals surface area contributed by atoms with Crippen molar-refractivity contribution in [3.63, 3.8) is 0 Å². The van der Waals surface area contributed by atoms with Crippen molar-refractivity contribution in [2.75, 3.05) is 4.90 Å². The predicted octanol–water partition coefficient (Wildman–Crippen LogP) is 4.84. The van der Waals surface area contributed by atoms with E-state index in [1.165, 1.54) is 16.5 Å². The molecule has 29 heavy (non-hydrogen) atoms. The zero-order valence-electron chi connectivity index (χ0n) is 14.2. The fraction of sp³-hybridized carbons (Fsp3) is 0.0526. The van der Waals surface area contributed by atoms with Crippen LogP contribution in [0.1, 0.15) is 27.7 Å². The summed E-state index contributed by atoms with van der Waals surface area (Å²) in [5.41, 5.74) is 1.71. The van der Waals surface area contributed by atoms with E-state index in [0.29, 0.717) is 10.6 Å². The topological polar surface area (TPSA) is 76.3 Å². The Labute approximate surface area is 176 Å². The lowest BCUT2D eigenvalue weighted by molar-refractivity contribution is 0.0970. The van der Waals surface area contributed by atoms with Gasteiger partial charge in [0.1, 0.15) is 16.9 Å². The van der Waals surface area contributed by atoms with Crippen molar-refractivity contribution >= 4 is 56.5 Å². The molecule has 1 aliphatic rings. The molecule has 5 rings (SSSR count). The minimum absolute atomic E-state index is 0.0423. The Kier molecular flexibility index (Phi) is 4.16. The highest BCUT2D eigenvalue weighted by Crippen LogP contribution is 2.42. The third kappa shape index (κ3) is 2.75. The molecule has 144 valence electrons. The summed E-state index contributed by atoms with van der Waals surface area (Å²) in [6.45, 7) is 0. The van der Waals surface area contributed by atoms with E-state index in [1.807, 2.05) is 0 Å². The van der Waals surface area contributed by atoms with Crippen molar-refractivity contribution in [2.24, 2.45) is 0 Å². The molecule has 0 spiro atoms. The second kappa shape index (κ2) is 6.62. The maximum absolute atomic E-state index is 13.8. The van der Waals surface area contributed by atoms with Crippen LogP contribution in [0.15, 0.2) is 51.1 Å². The van der Waals surface area contributed by atoms with Crippen molar-refractivity contribution in [1.29, 1.82) is 0 Å². The number of amides is 1. The van der Waals surface area contributed by atoms with Crippen LogP contribution in [-0.4, -0.2) is 16.1 Å². The van der Waals surface area contributed by atoms with Gasteiger partial charge in [-0.05, 0) is 35.9 Å². The van der Waals surface area contributed by atoms with Gasteiger partial charge >= 0.3 is 0 Å². The summed E-state index contributed by atoms with van der Waals surface area (Å²) in [5.74, 6) is -1.25. The van der Waals surface area contributed by atoms with Gasteiger partial charge in [-0.1, -0.05) is 40.6 Å². The lowest BCUT2D eigenvalue weighted by atomic mass is 9.99. The van der Waals surface area contributed by atoms with Gasteiger partial charge in [0.15, 0.2) is 5.43 Å². The molecule has 0 N–H and O–H groups in total. The zero-order valence-corrected chi connectivity index (χ0v) is 16.6. The molecule has 0 saturated carbocycles. The molecule has 0 bridgehead atoms. The van der Waals surface area contributed by atoms with Crippen LogP contribution >= 0.6 is 34.5 Å². The smallest absolute Gasteiger partial charge is 0.297 e. The zero-order chi connectivity index (χ0) is 20.3. The van der Waals surface area contributed by atoms with Gasteiger partial charge in [0, 0.05) is 0 Å². The number of hydrogen-bond acceptors (Lipinski definition) is 6. The number of hydrogen-bond donors (Lipinski definition) is 0. The van der Waals surface area contributed by atoms with Gasteiger partial charge in [-0.25, -0.2) is 4.39 Å². The predicted molar refractivity (Wildman–Crippen MR) is 107 cm³/mol. The molecule has 0 aliphatic carbocycles. The summed E-state index contributed by atoms with van der Waals surface area (Å²) < 4.78 is 19.5. The van der Waals surface area contributed by atoms with Gasteiger partial charge in [0.2, 0.25) is 10.9 Å². The largest absolute Gasteiger partial charge is 0.450 e. The van der Waals surface area contributed by atoms with Gasteiger partial charge in [-0.2, -0.15) is 0 Å². The molecule has 0 saturated heterocycles. The molecular formula is C19H8Cl2FN3O3S. The van der Waals surface area contributed by atoms with Crippen molar-refractivity contribution in [2.45, 2.75) is 6.04 Å². The lowest BCUT2D eigenvalue weighted by Gasteiger charge is -2.22. The molecule has 0 fully saturated rings. The van der Waals surface area contributed by atoms with Crippen molar-refractivity contribution in [3.05, 3.63) is 84.9 Å². The molecule has 2 aromatic heterocycles. The van der Waals surface area contributed by atoms with E-state index in [9.17, 15) is 14.0 Å². The summed E-state index contributed by atoms with van der Waals surface area (Å²) in [4.78, 5) is 27.8. The van der Waals surface area contributed by atoms with E-state index in [2.05, 4.69) is 10.2 Å². The van der Waals surface area contributed by atoms with Crippen LogP contribution in [0.2, 0.25) is 10.0 Å². The monoisotopic (exact) mass is 447 g/mol. The SMILES string of the molecule is O=C1c2oc3ccc(F)cc3c(=O)c2C(c2ccc(Cl)c(Cl)c2)N1c1nncs1. The Morgan fingerprint density at radius 3 is 2.66 bits per heavy atom. The number of anilines is 1. The Morgan fingerprint density at radius 1 is 1.10 bits per heavy atom. The number of rotatable bonds is 2. The van der Waals surface area contributed by atoms with Crippen LogP contribution in [0.5, 0.6) is 0 Å². The van der Waals surface area contributed by atoms with Gasteiger partial charge in [-0.15, -0.1) is 10.2 Å². The molecule has 4 aromatic rings. The number of carbonyl (C=O) groups is 1. The summed E-state index contributed by atoms with van der Waals surface area (Å²) >= 11 is 13.3. The molecule has 6 nitrogen and oxygen atoms in total. The number of fused-ring (bicyclic) bond motifs is 2. The number of benzene rings is 2. The van der Waals surface area contributed by atoms with E-state index >= 15 is 0 Å². The van der Waals surface area contributed by atoms with E-state index in [4.69, 9.17) is 27.6 Å². The number of nitrogens with zero attached hydrogens (tertiary/aromatic N) is 3. The fourth-order valence-electron chi connectivity index (χ4n) is 3.41. The third-order valence-corrected chi connectivity index (χ3v) is 6.07. The van der Waals surface area contributed by atoms with Crippen LogP contribution in [0.3, 0.4) is 0 Å². The van der Waals surface area contributed by atoms with E-state index in [1.54, 1.807) is 18.2 Å². The lowest BCUT2D eigenvalue weighted by Crippen LogP contribution is -2.29. The highest BCUT2D eigenvalue weighted by molar-refractivity contribution is 7.13. The van der Waals surface area contributed by atoms with Gasteiger partial charge in [0.05, 0.1) is 27.0 Å². The first-order valence-corrected chi connectivity index (χ1v) is 9.90. The Balaban J connectivity index is 1.84. The van der Waals surface area contributed by atoms with E-state index < -0.39 is 23.2 Å². The van der Waals surface area contributed by atoms with Crippen LogP contribution in [-0.2, 0) is 0 Å². The Morgan fingerprint density at radius 2 is 1.93 bits per heavy atom. The minimum atomic E-state index is -0.871. The van der Waals surface area contributed by atoms with Crippen LogP contribution in [0.25, 0.3) is 11.0 Å². The molecule has 1 unspecified atom stereocenters. The number of carbonyl (C=O) groups excluding carboxylic acids is 1. The first-order valence-electron chi connectivity index (χ1n) is 8.26. The highest BCUT2D eigenvalue weighted by Gasteiger charge is 2.45. The number of aromatic nitrogens is 2. The van der Waals surface area contributed by atoms with Gasteiger partial charge in [0.25, 0.3) is 5.91 Å². The average Bonchev–Trinajstić information content (AvgIpc) is 3.32. The minimum Gasteiger partial charge on any atom is -0.450 e. The van der Waals surface area contributed by atoms with Crippen molar-refractivity contribution in [1.82, 2.24) is 10.2 Å². The van der Waals surface area contributed by atoms with E-state index in [0.717, 1.165) is 23.5 Å². The van der Waals surface area contributed by atoms with Crippen LogP contribution in [0.4, 0.5) is 9.52 Å². The molecular weight excluding hydrogens is 440 g/mol. The molecule has 0 radical (unpaired) electrons. The molecule has 1 aliphatic heterocycles. The molecule has 2 aromatic carbocycles. The molecule has 1 amide bonds. The standard InChI is InChI=1S/C19H8Cl2FN3O3S/c20-11-3-1-8(5-12(11)21)15-14-16(26)10-6-9(22)2-4-13(10)28-17(14)18(27)25(15)19-24-23-7-29-19/h1-7,15H. The van der Waals surface area contributed by atoms with Crippen molar-refractivity contribution in [3.8, 4) is 0 Å². The summed E-state index contributed by atoms with van der Waals surface area (Å²) in [7, 11) is 0. The van der Waals surface area contributed by atoms with Crippen LogP contribution in [0, 0.1) is 5.82 Å². The van der Waals surface area contributed by atoms with Crippen molar-refractivity contribution < 1.29 is 13.6 Å². The maximum Gasteiger partial charge on any atom is 0.297 e. The second-order valence-electron chi connectivity index (χ2n) is 6.29. The first-order chi connectivity index (χ1) is 14.0. The Hall–Kier alpha value is -2.81.